The van der Waals surface area contributed by atoms with Gasteiger partial charge in [-0.3, -0.25) is 0 Å². The first-order chi connectivity index (χ1) is 9.25. The Bertz CT molecular complexity index is 756. The Kier molecular flexibility index (Phi) is 3.48. The summed E-state index contributed by atoms with van der Waals surface area (Å²) in [5.74, 6) is -0.596. The van der Waals surface area contributed by atoms with Crippen LogP contribution >= 0.6 is 0 Å². The van der Waals surface area contributed by atoms with Crippen LogP contribution in [-0.4, -0.2) is 18.6 Å². The Morgan fingerprint density at radius 3 is 2.20 bits per heavy atom. The van der Waals surface area contributed by atoms with Crippen LogP contribution in [0.3, 0.4) is 0 Å². The lowest BCUT2D eigenvalue weighted by molar-refractivity contribution is 0.449. The lowest BCUT2D eigenvalue weighted by Crippen LogP contribution is -2.06. The maximum Gasteiger partial charge on any atom is 0.214 e. The molecule has 0 spiro atoms. The number of aryl methyl sites for hydroxylation is 3. The van der Waals surface area contributed by atoms with E-state index < -0.39 is 9.84 Å². The van der Waals surface area contributed by atoms with E-state index in [4.69, 9.17) is 0 Å². The van der Waals surface area contributed by atoms with Crippen LogP contribution in [0.4, 0.5) is 0 Å². The second-order valence-corrected chi connectivity index (χ2v) is 6.71. The summed E-state index contributed by atoms with van der Waals surface area (Å²) in [5.41, 5.74) is 1.65. The SMILES string of the molecule is Cc1cc(C)c(O)c(S(=O)(=O)c2c(C)cccc2O)c1. The van der Waals surface area contributed by atoms with Gasteiger partial charge in [-0.15, -0.1) is 0 Å². The zero-order valence-corrected chi connectivity index (χ0v) is 12.3. The van der Waals surface area contributed by atoms with Gasteiger partial charge in [-0.2, -0.15) is 0 Å². The largest absolute Gasteiger partial charge is 0.507 e. The van der Waals surface area contributed by atoms with Gasteiger partial charge in [0.05, 0.1) is 0 Å². The lowest BCUT2D eigenvalue weighted by atomic mass is 10.1. The normalized spacial score (nSPS) is 11.6. The standard InChI is InChI=1S/C15H16O4S/c1-9-7-11(3)14(17)13(8-9)20(18,19)15-10(2)5-4-6-12(15)16/h4-8,16-17H,1-3H3. The molecule has 0 atom stereocenters. The number of sulfone groups is 1. The van der Waals surface area contributed by atoms with Crippen molar-refractivity contribution in [1.29, 1.82) is 0 Å². The molecule has 0 aliphatic rings. The molecule has 2 rings (SSSR count). The fraction of sp³-hybridized carbons (Fsp3) is 0.200. The molecule has 20 heavy (non-hydrogen) atoms. The molecule has 0 radical (unpaired) electrons. The average molecular weight is 292 g/mol. The van der Waals surface area contributed by atoms with Gasteiger partial charge in [-0.05, 0) is 49.6 Å². The van der Waals surface area contributed by atoms with Crippen LogP contribution in [-0.2, 0) is 9.84 Å². The average Bonchev–Trinajstić information content (AvgIpc) is 2.33. The van der Waals surface area contributed by atoms with Gasteiger partial charge >= 0.3 is 0 Å². The fourth-order valence-corrected chi connectivity index (χ4v) is 4.03. The van der Waals surface area contributed by atoms with Crippen molar-refractivity contribution in [2.75, 3.05) is 0 Å². The molecular weight excluding hydrogens is 276 g/mol. The highest BCUT2D eigenvalue weighted by molar-refractivity contribution is 7.91. The summed E-state index contributed by atoms with van der Waals surface area (Å²) < 4.78 is 25.4. The minimum Gasteiger partial charge on any atom is -0.507 e. The molecule has 0 saturated heterocycles. The third kappa shape index (κ3) is 2.25. The van der Waals surface area contributed by atoms with E-state index in [9.17, 15) is 18.6 Å². The summed E-state index contributed by atoms with van der Waals surface area (Å²) in [5, 5.41) is 19.9. The number of rotatable bonds is 2. The molecule has 2 N–H and O–H groups in total. The summed E-state index contributed by atoms with van der Waals surface area (Å²) >= 11 is 0. The van der Waals surface area contributed by atoms with Crippen LogP contribution in [0.5, 0.6) is 11.5 Å². The molecule has 4 nitrogen and oxygen atoms in total. The minimum atomic E-state index is -3.98. The van der Waals surface area contributed by atoms with E-state index in [1.54, 1.807) is 39.0 Å². The Labute approximate surface area is 118 Å². The van der Waals surface area contributed by atoms with E-state index in [0.29, 0.717) is 11.1 Å². The maximum absolute atomic E-state index is 12.7. The summed E-state index contributed by atoms with van der Waals surface area (Å²) in [6.07, 6.45) is 0. The van der Waals surface area contributed by atoms with Crippen LogP contribution in [0.1, 0.15) is 16.7 Å². The molecule has 0 saturated carbocycles. The van der Waals surface area contributed by atoms with Crippen LogP contribution in [0.2, 0.25) is 0 Å². The smallest absolute Gasteiger partial charge is 0.214 e. The first-order valence-corrected chi connectivity index (χ1v) is 7.57. The third-order valence-corrected chi connectivity index (χ3v) is 5.12. The van der Waals surface area contributed by atoms with Crippen molar-refractivity contribution < 1.29 is 18.6 Å². The number of phenolic OH excluding ortho intramolecular Hbond substituents is 2. The zero-order chi connectivity index (χ0) is 15.1. The van der Waals surface area contributed by atoms with Crippen molar-refractivity contribution in [1.82, 2.24) is 0 Å². The van der Waals surface area contributed by atoms with Crippen molar-refractivity contribution in [2.45, 2.75) is 30.6 Å². The molecular formula is C15H16O4S. The first-order valence-electron chi connectivity index (χ1n) is 6.09. The topological polar surface area (TPSA) is 74.6 Å². The van der Waals surface area contributed by atoms with E-state index in [0.717, 1.165) is 5.56 Å². The van der Waals surface area contributed by atoms with Gasteiger partial charge in [0.15, 0.2) is 0 Å². The number of aromatic hydroxyl groups is 2. The summed E-state index contributed by atoms with van der Waals surface area (Å²) in [7, 11) is -3.98. The Balaban J connectivity index is 2.81. The van der Waals surface area contributed by atoms with E-state index >= 15 is 0 Å². The Hall–Kier alpha value is -2.01. The van der Waals surface area contributed by atoms with Gasteiger partial charge in [0.2, 0.25) is 9.84 Å². The highest BCUT2D eigenvalue weighted by Crippen LogP contribution is 2.37. The molecule has 0 aromatic heterocycles. The van der Waals surface area contributed by atoms with Crippen LogP contribution < -0.4 is 0 Å². The van der Waals surface area contributed by atoms with Gasteiger partial charge < -0.3 is 10.2 Å². The summed E-state index contributed by atoms with van der Waals surface area (Å²) in [4.78, 5) is -0.347. The molecule has 0 unspecified atom stereocenters. The molecule has 2 aromatic rings. The Morgan fingerprint density at radius 1 is 0.950 bits per heavy atom. The molecule has 0 heterocycles. The van der Waals surface area contributed by atoms with Gasteiger partial charge in [-0.1, -0.05) is 18.2 Å². The van der Waals surface area contributed by atoms with E-state index in [-0.39, 0.29) is 21.3 Å². The lowest BCUT2D eigenvalue weighted by Gasteiger charge is -2.13. The molecule has 0 aliphatic carbocycles. The highest BCUT2D eigenvalue weighted by Gasteiger charge is 2.27. The number of phenols is 2. The fourth-order valence-electron chi connectivity index (χ4n) is 2.22. The molecule has 0 aliphatic heterocycles. The molecule has 2 aromatic carbocycles. The molecule has 106 valence electrons. The van der Waals surface area contributed by atoms with Gasteiger partial charge in [0.1, 0.15) is 21.3 Å². The third-order valence-electron chi connectivity index (χ3n) is 3.16. The van der Waals surface area contributed by atoms with E-state index in [1.807, 2.05) is 0 Å². The van der Waals surface area contributed by atoms with Crippen LogP contribution in [0.15, 0.2) is 40.1 Å². The maximum atomic E-state index is 12.7. The van der Waals surface area contributed by atoms with Crippen molar-refractivity contribution in [3.8, 4) is 11.5 Å². The van der Waals surface area contributed by atoms with Crippen molar-refractivity contribution in [3.05, 3.63) is 47.0 Å². The second-order valence-electron chi connectivity index (χ2n) is 4.86. The van der Waals surface area contributed by atoms with Crippen molar-refractivity contribution in [3.63, 3.8) is 0 Å². The van der Waals surface area contributed by atoms with Gasteiger partial charge in [0, 0.05) is 0 Å². The van der Waals surface area contributed by atoms with Crippen LogP contribution in [0, 0.1) is 20.8 Å². The summed E-state index contributed by atoms with van der Waals surface area (Å²) in [6.45, 7) is 4.99. The van der Waals surface area contributed by atoms with Gasteiger partial charge in [0.25, 0.3) is 0 Å². The van der Waals surface area contributed by atoms with E-state index in [2.05, 4.69) is 0 Å². The number of benzene rings is 2. The van der Waals surface area contributed by atoms with Crippen molar-refractivity contribution in [2.24, 2.45) is 0 Å². The number of hydrogen-bond donors (Lipinski definition) is 2. The summed E-state index contributed by atoms with van der Waals surface area (Å²) in [6, 6.07) is 7.60. The molecule has 0 fully saturated rings. The minimum absolute atomic E-state index is 0.166. The molecule has 5 heteroatoms. The molecule has 0 bridgehead atoms. The zero-order valence-electron chi connectivity index (χ0n) is 11.5. The quantitative estimate of drug-likeness (QED) is 0.892. The first kappa shape index (κ1) is 14.4. The van der Waals surface area contributed by atoms with Crippen molar-refractivity contribution >= 4 is 9.84 Å². The Morgan fingerprint density at radius 2 is 1.60 bits per heavy atom. The van der Waals surface area contributed by atoms with Gasteiger partial charge in [-0.25, -0.2) is 8.42 Å². The monoisotopic (exact) mass is 292 g/mol. The predicted octanol–water partition coefficient (Wildman–Crippen LogP) is 2.86. The second kappa shape index (κ2) is 4.83. The highest BCUT2D eigenvalue weighted by atomic mass is 32.2. The van der Waals surface area contributed by atoms with Crippen LogP contribution in [0.25, 0.3) is 0 Å². The number of hydrogen-bond acceptors (Lipinski definition) is 4. The predicted molar refractivity (Wildman–Crippen MR) is 75.9 cm³/mol. The molecule has 0 amide bonds. The van der Waals surface area contributed by atoms with E-state index in [1.165, 1.54) is 12.1 Å².